The van der Waals surface area contributed by atoms with Crippen LogP contribution >= 0.6 is 0 Å². The predicted octanol–water partition coefficient (Wildman–Crippen LogP) is 5.58. The van der Waals surface area contributed by atoms with Crippen molar-refractivity contribution in [2.75, 3.05) is 0 Å². The molecule has 0 radical (unpaired) electrons. The minimum Gasteiger partial charge on any atom is -0.234 e. The molecule has 2 nitrogen and oxygen atoms in total. The van der Waals surface area contributed by atoms with Crippen molar-refractivity contribution in [3.63, 3.8) is 0 Å². The second-order valence-corrected chi connectivity index (χ2v) is 8.05. The fourth-order valence-electron chi connectivity index (χ4n) is 4.06. The zero-order chi connectivity index (χ0) is 19.6. The van der Waals surface area contributed by atoms with Gasteiger partial charge in [-0.1, -0.05) is 68.4 Å². The summed E-state index contributed by atoms with van der Waals surface area (Å²) in [7, 11) is 2.15. The highest BCUT2D eigenvalue weighted by molar-refractivity contribution is 5.27. The summed E-state index contributed by atoms with van der Waals surface area (Å²) in [6.45, 7) is 12.2. The van der Waals surface area contributed by atoms with Crippen LogP contribution in [0.5, 0.6) is 0 Å². The van der Waals surface area contributed by atoms with E-state index in [2.05, 4.69) is 105 Å². The van der Waals surface area contributed by atoms with Crippen molar-refractivity contribution in [3.05, 3.63) is 88.5 Å². The maximum Gasteiger partial charge on any atom is 0.253 e. The van der Waals surface area contributed by atoms with Crippen LogP contribution in [0.15, 0.2) is 54.6 Å². The molecule has 0 aliphatic carbocycles. The SMILES string of the molecule is Cc1c(C)[n+](C)c(C)n1Cc1ccc(C(C)CC(C)c2ccccc2)cc1. The van der Waals surface area contributed by atoms with Gasteiger partial charge in [-0.25, -0.2) is 9.13 Å². The van der Waals surface area contributed by atoms with Crippen molar-refractivity contribution in [2.24, 2.45) is 7.05 Å². The molecule has 0 aliphatic heterocycles. The lowest BCUT2D eigenvalue weighted by Gasteiger charge is -2.18. The van der Waals surface area contributed by atoms with Crippen LogP contribution in [-0.2, 0) is 13.6 Å². The molecule has 2 atom stereocenters. The average molecular weight is 362 g/mol. The summed E-state index contributed by atoms with van der Waals surface area (Å²) in [6, 6.07) is 20.1. The number of imidazole rings is 1. The van der Waals surface area contributed by atoms with Gasteiger partial charge in [-0.05, 0) is 34.9 Å². The first kappa shape index (κ1) is 19.4. The predicted molar refractivity (Wildman–Crippen MR) is 113 cm³/mol. The molecular formula is C25H33N2+. The summed E-state index contributed by atoms with van der Waals surface area (Å²) in [4.78, 5) is 0. The van der Waals surface area contributed by atoms with E-state index in [1.807, 2.05) is 0 Å². The zero-order valence-corrected chi connectivity index (χ0v) is 17.7. The Kier molecular flexibility index (Phi) is 5.84. The van der Waals surface area contributed by atoms with E-state index in [4.69, 9.17) is 0 Å². The molecule has 0 amide bonds. The number of nitrogens with zero attached hydrogens (tertiary/aromatic N) is 2. The van der Waals surface area contributed by atoms with E-state index in [0.29, 0.717) is 11.8 Å². The highest BCUT2D eigenvalue weighted by atomic mass is 15.2. The van der Waals surface area contributed by atoms with Gasteiger partial charge in [-0.2, -0.15) is 0 Å². The van der Waals surface area contributed by atoms with Gasteiger partial charge in [0.05, 0.1) is 7.05 Å². The lowest BCUT2D eigenvalue weighted by molar-refractivity contribution is -0.683. The number of aromatic nitrogens is 2. The number of hydrogen-bond acceptors (Lipinski definition) is 0. The molecule has 1 aromatic heterocycles. The fraction of sp³-hybridized carbons (Fsp3) is 0.400. The molecule has 0 saturated carbocycles. The van der Waals surface area contributed by atoms with Crippen LogP contribution in [0.25, 0.3) is 0 Å². The van der Waals surface area contributed by atoms with Crippen molar-refractivity contribution in [2.45, 2.75) is 59.4 Å². The Morgan fingerprint density at radius 2 is 1.37 bits per heavy atom. The number of benzene rings is 2. The van der Waals surface area contributed by atoms with E-state index in [-0.39, 0.29) is 0 Å². The van der Waals surface area contributed by atoms with Gasteiger partial charge < -0.3 is 0 Å². The molecule has 0 fully saturated rings. The molecule has 1 heterocycles. The third-order valence-electron chi connectivity index (χ3n) is 6.27. The Morgan fingerprint density at radius 3 is 1.89 bits per heavy atom. The Bertz CT molecular complexity index is 863. The summed E-state index contributed by atoms with van der Waals surface area (Å²) in [5.74, 6) is 2.44. The average Bonchev–Trinajstić information content (AvgIpc) is 2.87. The van der Waals surface area contributed by atoms with Gasteiger partial charge in [-0.15, -0.1) is 0 Å². The van der Waals surface area contributed by atoms with Gasteiger partial charge in [0, 0.05) is 20.8 Å². The lowest BCUT2D eigenvalue weighted by atomic mass is 9.87. The van der Waals surface area contributed by atoms with E-state index < -0.39 is 0 Å². The van der Waals surface area contributed by atoms with E-state index >= 15 is 0 Å². The van der Waals surface area contributed by atoms with Crippen LogP contribution in [0.2, 0.25) is 0 Å². The van der Waals surface area contributed by atoms with Crippen LogP contribution in [0, 0.1) is 20.8 Å². The maximum atomic E-state index is 2.41. The standard InChI is InChI=1S/C25H33N2/c1-18(24-10-8-7-9-11-24)16-19(2)25-14-12-23(13-15-25)17-27-21(4)20(3)26(6)22(27)5/h7-15,18-19H,16-17H2,1-6H3/q+1. The fourth-order valence-corrected chi connectivity index (χ4v) is 4.06. The highest BCUT2D eigenvalue weighted by Crippen LogP contribution is 2.29. The van der Waals surface area contributed by atoms with Crippen LogP contribution in [-0.4, -0.2) is 4.57 Å². The smallest absolute Gasteiger partial charge is 0.234 e. The summed E-state index contributed by atoms with van der Waals surface area (Å²) in [5.41, 5.74) is 6.92. The first-order chi connectivity index (χ1) is 12.9. The second kappa shape index (κ2) is 8.12. The van der Waals surface area contributed by atoms with Gasteiger partial charge in [-0.3, -0.25) is 0 Å². The Hall–Kier alpha value is -2.35. The van der Waals surface area contributed by atoms with Gasteiger partial charge in [0.15, 0.2) is 0 Å². The van der Waals surface area contributed by atoms with Crippen LogP contribution in [0.3, 0.4) is 0 Å². The molecule has 2 unspecified atom stereocenters. The molecule has 0 aliphatic rings. The van der Waals surface area contributed by atoms with Crippen molar-refractivity contribution in [1.29, 1.82) is 0 Å². The van der Waals surface area contributed by atoms with Crippen molar-refractivity contribution >= 4 is 0 Å². The van der Waals surface area contributed by atoms with Crippen LogP contribution in [0.4, 0.5) is 0 Å². The number of rotatable bonds is 6. The molecule has 0 N–H and O–H groups in total. The topological polar surface area (TPSA) is 8.81 Å². The summed E-state index contributed by atoms with van der Waals surface area (Å²) in [6.07, 6.45) is 1.17. The summed E-state index contributed by atoms with van der Waals surface area (Å²) < 4.78 is 4.68. The second-order valence-electron chi connectivity index (χ2n) is 8.05. The van der Waals surface area contributed by atoms with E-state index in [0.717, 1.165) is 6.54 Å². The summed E-state index contributed by atoms with van der Waals surface area (Å²) >= 11 is 0. The first-order valence-electron chi connectivity index (χ1n) is 10.0. The van der Waals surface area contributed by atoms with Gasteiger partial charge >= 0.3 is 0 Å². The third kappa shape index (κ3) is 4.16. The first-order valence-corrected chi connectivity index (χ1v) is 10.0. The largest absolute Gasteiger partial charge is 0.253 e. The molecule has 0 spiro atoms. The van der Waals surface area contributed by atoms with E-state index in [1.54, 1.807) is 0 Å². The zero-order valence-electron chi connectivity index (χ0n) is 17.7. The van der Waals surface area contributed by atoms with Gasteiger partial charge in [0.2, 0.25) is 0 Å². The molecule has 0 saturated heterocycles. The maximum absolute atomic E-state index is 2.41. The molecule has 3 rings (SSSR count). The van der Waals surface area contributed by atoms with Crippen LogP contribution < -0.4 is 4.57 Å². The molecule has 2 aromatic carbocycles. The van der Waals surface area contributed by atoms with Gasteiger partial charge in [0.25, 0.3) is 5.82 Å². The Morgan fingerprint density at radius 1 is 0.815 bits per heavy atom. The van der Waals surface area contributed by atoms with Crippen molar-refractivity contribution < 1.29 is 4.57 Å². The number of hydrogen-bond donors (Lipinski definition) is 0. The molecule has 2 heteroatoms. The quantitative estimate of drug-likeness (QED) is 0.507. The monoisotopic (exact) mass is 361 g/mol. The molecular weight excluding hydrogens is 328 g/mol. The molecule has 142 valence electrons. The lowest BCUT2D eigenvalue weighted by Crippen LogP contribution is -2.33. The van der Waals surface area contributed by atoms with Crippen LogP contribution in [0.1, 0.15) is 66.0 Å². The van der Waals surface area contributed by atoms with Gasteiger partial charge in [0.1, 0.15) is 17.9 Å². The third-order valence-corrected chi connectivity index (χ3v) is 6.27. The molecule has 27 heavy (non-hydrogen) atoms. The van der Waals surface area contributed by atoms with Crippen molar-refractivity contribution in [1.82, 2.24) is 4.57 Å². The molecule has 3 aromatic rings. The Labute approximate surface area is 164 Å². The van der Waals surface area contributed by atoms with E-state index in [9.17, 15) is 0 Å². The minimum atomic E-state index is 0.560. The Balaban J connectivity index is 1.69. The van der Waals surface area contributed by atoms with E-state index in [1.165, 1.54) is 40.3 Å². The molecule has 0 bridgehead atoms. The highest BCUT2D eigenvalue weighted by Gasteiger charge is 2.19. The normalized spacial score (nSPS) is 13.6. The summed E-state index contributed by atoms with van der Waals surface area (Å²) in [5, 5.41) is 0. The minimum absolute atomic E-state index is 0.560. The van der Waals surface area contributed by atoms with Crippen molar-refractivity contribution in [3.8, 4) is 0 Å².